The van der Waals surface area contributed by atoms with Crippen molar-refractivity contribution < 1.29 is 9.59 Å². The van der Waals surface area contributed by atoms with Crippen LogP contribution in [-0.4, -0.2) is 41.6 Å². The number of fused-ring (bicyclic) bond motifs is 3. The molecule has 10 nitrogen and oxygen atoms in total. The SMILES string of the molecule is BrBr.Cc1cc(N)nc(C)c1CNC(=O)c1ccnc(Cc2cnc3[nH]c(Cl)cc3c2)c1.O=C1Cc2ncc(Br)cc2C1(Br)Br.c1cnc2c(c1)CCC2. The number of aromatic amines is 1. The fourth-order valence-corrected chi connectivity index (χ4v) is 7.64. The second-order valence-electron chi connectivity index (χ2n) is 12.5. The Hall–Kier alpha value is -3.08. The Morgan fingerprint density at radius 1 is 0.981 bits per heavy atom. The minimum atomic E-state index is -0.730. The van der Waals surface area contributed by atoms with Crippen molar-refractivity contribution >= 4 is 116 Å². The number of hydrogen-bond donors (Lipinski definition) is 3. The van der Waals surface area contributed by atoms with Crippen LogP contribution in [0.4, 0.5) is 5.82 Å². The molecule has 0 atom stereocenters. The summed E-state index contributed by atoms with van der Waals surface area (Å²) in [4.78, 5) is 48.7. The molecule has 0 saturated carbocycles. The number of aromatic nitrogens is 6. The zero-order valence-electron chi connectivity index (χ0n) is 29.1. The van der Waals surface area contributed by atoms with Gasteiger partial charge in [-0.1, -0.05) is 49.5 Å². The predicted molar refractivity (Wildman–Crippen MR) is 232 cm³/mol. The highest BCUT2D eigenvalue weighted by Gasteiger charge is 2.43. The Balaban J connectivity index is 0.000000189. The number of Topliss-reactive ketones (excluding diaryl/α,β-unsaturated/α-hetero) is 1. The third-order valence-electron chi connectivity index (χ3n) is 8.76. The van der Waals surface area contributed by atoms with Crippen LogP contribution in [0.25, 0.3) is 11.0 Å². The summed E-state index contributed by atoms with van der Waals surface area (Å²) in [5, 5.41) is 4.44. The van der Waals surface area contributed by atoms with Crippen LogP contribution in [0.3, 0.4) is 0 Å². The Bertz CT molecular complexity index is 2260. The molecule has 16 heteroatoms. The highest BCUT2D eigenvalue weighted by molar-refractivity contribution is 9.93. The van der Waals surface area contributed by atoms with E-state index in [-0.39, 0.29) is 11.7 Å². The topological polar surface area (TPSA) is 152 Å². The Labute approximate surface area is 358 Å². The number of nitrogens with zero attached hydrogens (tertiary/aromatic N) is 5. The van der Waals surface area contributed by atoms with Gasteiger partial charge in [0.25, 0.3) is 5.91 Å². The van der Waals surface area contributed by atoms with Crippen LogP contribution in [0, 0.1) is 13.8 Å². The highest BCUT2D eigenvalue weighted by Crippen LogP contribution is 2.46. The van der Waals surface area contributed by atoms with Crippen molar-refractivity contribution in [2.75, 3.05) is 5.73 Å². The molecule has 6 aromatic rings. The summed E-state index contributed by atoms with van der Waals surface area (Å²) in [5.74, 6) is 0.404. The van der Waals surface area contributed by atoms with E-state index in [0.717, 1.165) is 54.8 Å². The molecule has 0 unspecified atom stereocenters. The number of rotatable bonds is 5. The zero-order chi connectivity index (χ0) is 39.0. The number of nitrogens with one attached hydrogen (secondary N) is 2. The first-order valence-corrected chi connectivity index (χ1v) is 23.1. The number of carbonyl (C=O) groups is 2. The minimum Gasteiger partial charge on any atom is -0.384 e. The second kappa shape index (κ2) is 19.2. The number of H-pyrrole nitrogens is 1. The quantitative estimate of drug-likeness (QED) is 0.144. The molecule has 0 aliphatic heterocycles. The van der Waals surface area contributed by atoms with E-state index < -0.39 is 3.23 Å². The van der Waals surface area contributed by atoms with Crippen LogP contribution < -0.4 is 11.1 Å². The first-order chi connectivity index (χ1) is 25.9. The van der Waals surface area contributed by atoms with E-state index in [1.165, 1.54) is 30.5 Å². The van der Waals surface area contributed by atoms with Crippen molar-refractivity contribution in [3.05, 3.63) is 139 Å². The molecule has 0 saturated heterocycles. The normalized spacial score (nSPS) is 13.4. The molecule has 0 aromatic carbocycles. The number of carbonyl (C=O) groups excluding carboxylic acids is 2. The number of nitrogen functional groups attached to an aromatic ring is 1. The lowest BCUT2D eigenvalue weighted by atomic mass is 10.1. The van der Waals surface area contributed by atoms with Gasteiger partial charge in [0.05, 0.1) is 12.1 Å². The summed E-state index contributed by atoms with van der Waals surface area (Å²) in [6.45, 7) is 4.23. The van der Waals surface area contributed by atoms with Gasteiger partial charge in [-0.25, -0.2) is 9.97 Å². The largest absolute Gasteiger partial charge is 0.384 e. The Kier molecular flexibility index (Phi) is 14.9. The molecule has 0 bridgehead atoms. The summed E-state index contributed by atoms with van der Waals surface area (Å²) >= 11 is 21.5. The van der Waals surface area contributed by atoms with Crippen LogP contribution in [-0.2, 0) is 40.3 Å². The van der Waals surface area contributed by atoms with Gasteiger partial charge in [-0.3, -0.25) is 24.5 Å². The minimum absolute atomic E-state index is 0.0908. The summed E-state index contributed by atoms with van der Waals surface area (Å²) in [5.41, 5.74) is 16.1. The lowest BCUT2D eigenvalue weighted by Gasteiger charge is -2.12. The lowest BCUT2D eigenvalue weighted by Crippen LogP contribution is -2.24. The van der Waals surface area contributed by atoms with Crippen LogP contribution in [0.1, 0.15) is 67.4 Å². The number of hydrogen-bond acceptors (Lipinski definition) is 8. The van der Waals surface area contributed by atoms with E-state index in [2.05, 4.69) is 117 Å². The van der Waals surface area contributed by atoms with Crippen molar-refractivity contribution in [3.63, 3.8) is 0 Å². The summed E-state index contributed by atoms with van der Waals surface area (Å²) in [7, 11) is 0. The van der Waals surface area contributed by atoms with E-state index in [0.29, 0.717) is 35.9 Å². The van der Waals surface area contributed by atoms with Gasteiger partial charge < -0.3 is 16.0 Å². The second-order valence-corrected chi connectivity index (χ2v) is 17.3. The number of halogens is 6. The third-order valence-corrected chi connectivity index (χ3v) is 11.1. The first-order valence-electron chi connectivity index (χ1n) is 16.6. The fraction of sp³-hybridized carbons (Fsp3) is 0.237. The van der Waals surface area contributed by atoms with Gasteiger partial charge in [-0.05, 0) is 114 Å². The van der Waals surface area contributed by atoms with E-state index in [1.54, 1.807) is 30.7 Å². The van der Waals surface area contributed by atoms with E-state index in [1.807, 2.05) is 50.4 Å². The molecule has 8 rings (SSSR count). The standard InChI is InChI=1S/C22H21ClN6O.C8H4Br3NO.C8H9N.Br2/c1-12-5-20(24)28-13(2)18(12)11-27-22(30)15-3-4-25-17(8-15)7-14-6-16-9-19(23)29-21(16)26-10-14;9-4-1-5-6(12-3-4)2-7(13)8(5,10)11;1-3-7-4-2-6-9-8(7)5-1;1-2/h3-6,8-10H,7,11H2,1-2H3,(H2,24,28)(H,26,29)(H,27,30);1,3H,2H2;2,4,6H,1,3,5H2;. The van der Waals surface area contributed by atoms with Gasteiger partial charge >= 0.3 is 0 Å². The maximum Gasteiger partial charge on any atom is 0.251 e. The number of pyridine rings is 5. The van der Waals surface area contributed by atoms with Crippen molar-refractivity contribution in [1.29, 1.82) is 0 Å². The molecule has 4 N–H and O–H groups in total. The van der Waals surface area contributed by atoms with Gasteiger partial charge in [0.1, 0.15) is 16.6 Å². The van der Waals surface area contributed by atoms with Gasteiger partial charge in [0.2, 0.25) is 0 Å². The van der Waals surface area contributed by atoms with Gasteiger partial charge in [-0.15, -0.1) is 0 Å². The first kappa shape index (κ1) is 42.1. The van der Waals surface area contributed by atoms with Crippen molar-refractivity contribution in [3.8, 4) is 0 Å². The summed E-state index contributed by atoms with van der Waals surface area (Å²) in [6.07, 6.45) is 11.7. The zero-order valence-corrected chi connectivity index (χ0v) is 37.8. The number of aryl methyl sites for hydroxylation is 4. The maximum atomic E-state index is 12.7. The smallest absolute Gasteiger partial charge is 0.251 e. The molecule has 6 heterocycles. The monoisotopic (exact) mass is 1060 g/mol. The van der Waals surface area contributed by atoms with Crippen molar-refractivity contribution in [2.24, 2.45) is 0 Å². The Morgan fingerprint density at radius 3 is 2.54 bits per heavy atom. The average molecular weight is 1070 g/mol. The molecule has 0 spiro atoms. The fourth-order valence-electron chi connectivity index (χ4n) is 6.14. The molecule has 0 fully saturated rings. The highest BCUT2D eigenvalue weighted by atomic mass is 80.9. The van der Waals surface area contributed by atoms with Gasteiger partial charge in [-0.2, -0.15) is 0 Å². The van der Waals surface area contributed by atoms with Crippen LogP contribution >= 0.6 is 87.6 Å². The predicted octanol–water partition coefficient (Wildman–Crippen LogP) is 9.90. The van der Waals surface area contributed by atoms with E-state index >= 15 is 0 Å². The molecule has 54 heavy (non-hydrogen) atoms. The number of amides is 1. The number of ketones is 1. The number of nitrogens with two attached hydrogens (primary N) is 1. The molecule has 2 aliphatic rings. The molecule has 2 aliphatic carbocycles. The molecule has 1 amide bonds. The average Bonchev–Trinajstić information content (AvgIpc) is 3.84. The van der Waals surface area contributed by atoms with Crippen LogP contribution in [0.2, 0.25) is 5.15 Å². The molecule has 0 radical (unpaired) electrons. The van der Waals surface area contributed by atoms with Crippen molar-refractivity contribution in [2.45, 2.75) is 55.7 Å². The van der Waals surface area contributed by atoms with Crippen molar-refractivity contribution in [1.82, 2.24) is 35.2 Å². The van der Waals surface area contributed by atoms with Crippen LogP contribution in [0.5, 0.6) is 0 Å². The summed E-state index contributed by atoms with van der Waals surface area (Å²) in [6, 6.07) is 15.2. The third kappa shape index (κ3) is 10.6. The lowest BCUT2D eigenvalue weighted by molar-refractivity contribution is -0.117. The Morgan fingerprint density at radius 2 is 1.78 bits per heavy atom. The summed E-state index contributed by atoms with van der Waals surface area (Å²) < 4.78 is 0.149. The molecular weight excluding hydrogens is 1040 g/mol. The number of anilines is 1. The molecule has 6 aromatic heterocycles. The maximum absolute atomic E-state index is 12.7. The molecule has 280 valence electrons. The van der Waals surface area contributed by atoms with E-state index in [4.69, 9.17) is 17.3 Å². The molecular formula is C38H34Br5ClN8O2. The van der Waals surface area contributed by atoms with Gasteiger partial charge in [0, 0.05) is 104 Å². The number of alkyl halides is 2. The van der Waals surface area contributed by atoms with Gasteiger partial charge in [0.15, 0.2) is 9.02 Å². The van der Waals surface area contributed by atoms with E-state index in [9.17, 15) is 9.59 Å². The van der Waals surface area contributed by atoms with Crippen LogP contribution in [0.15, 0.2) is 77.8 Å².